The van der Waals surface area contributed by atoms with E-state index in [2.05, 4.69) is 22.4 Å². The van der Waals surface area contributed by atoms with Gasteiger partial charge in [0.05, 0.1) is 0 Å². The molecule has 0 aliphatic carbocycles. The number of carbonyl (C=O) groups is 2. The molecule has 30 heavy (non-hydrogen) atoms. The van der Waals surface area contributed by atoms with Gasteiger partial charge in [-0.05, 0) is 51.9 Å². The number of amides is 2. The second-order valence-corrected chi connectivity index (χ2v) is 8.14. The molecule has 7 heteroatoms. The molecule has 178 valence electrons. The molecular weight excluding hydrogens is 380 g/mol. The number of hydroxylamine groups is 1. The number of carbonyl (C=O) groups excluding carboxylic acids is 2. The molecular formula is C23H48N4O3. The minimum absolute atomic E-state index is 0.258. The molecule has 7 nitrogen and oxygen atoms in total. The lowest BCUT2D eigenvalue weighted by atomic mass is 10.1. The van der Waals surface area contributed by atoms with Gasteiger partial charge in [0, 0.05) is 6.42 Å². The van der Waals surface area contributed by atoms with E-state index in [1.807, 2.05) is 5.48 Å². The van der Waals surface area contributed by atoms with Crippen LogP contribution in [-0.4, -0.2) is 38.2 Å². The zero-order valence-electron chi connectivity index (χ0n) is 19.4. The second kappa shape index (κ2) is 23.9. The van der Waals surface area contributed by atoms with E-state index in [0.717, 1.165) is 39.0 Å². The standard InChI is InChI=1S/C23H48N4O3/c1-2-3-4-5-6-7-8-9-10-11-12-13-18-25-19-14-15-20-26-21-16-17-22(28)30-27-23(24)29/h25-26H,2-21H2,1H3,(H3,24,27,29). The molecule has 0 bridgehead atoms. The maximum Gasteiger partial charge on any atom is 0.345 e. The molecule has 2 amide bonds. The van der Waals surface area contributed by atoms with Crippen LogP contribution >= 0.6 is 0 Å². The van der Waals surface area contributed by atoms with Crippen LogP contribution in [0.1, 0.15) is 110 Å². The van der Waals surface area contributed by atoms with Crippen LogP contribution in [0.15, 0.2) is 0 Å². The first-order valence-corrected chi connectivity index (χ1v) is 12.3. The molecule has 0 fully saturated rings. The van der Waals surface area contributed by atoms with E-state index in [-0.39, 0.29) is 6.42 Å². The van der Waals surface area contributed by atoms with E-state index < -0.39 is 12.0 Å². The lowest BCUT2D eigenvalue weighted by Crippen LogP contribution is -2.32. The number of nitrogens with one attached hydrogen (secondary N) is 3. The average Bonchev–Trinajstić information content (AvgIpc) is 2.73. The summed E-state index contributed by atoms with van der Waals surface area (Å²) in [6.07, 6.45) is 20.0. The highest BCUT2D eigenvalue weighted by atomic mass is 16.7. The zero-order valence-corrected chi connectivity index (χ0v) is 19.4. The van der Waals surface area contributed by atoms with Gasteiger partial charge in [-0.25, -0.2) is 9.59 Å². The monoisotopic (exact) mass is 428 g/mol. The molecule has 0 atom stereocenters. The Morgan fingerprint density at radius 1 is 0.633 bits per heavy atom. The van der Waals surface area contributed by atoms with Crippen molar-refractivity contribution >= 4 is 12.0 Å². The number of hydrogen-bond acceptors (Lipinski definition) is 5. The summed E-state index contributed by atoms with van der Waals surface area (Å²) in [7, 11) is 0. The predicted octanol–water partition coefficient (Wildman–Crippen LogP) is 4.55. The maximum absolute atomic E-state index is 11.2. The Kier molecular flexibility index (Phi) is 22.9. The lowest BCUT2D eigenvalue weighted by molar-refractivity contribution is -0.148. The summed E-state index contributed by atoms with van der Waals surface area (Å²) in [5.41, 5.74) is 6.63. The quantitative estimate of drug-likeness (QED) is 0.149. The molecule has 0 unspecified atom stereocenters. The Balaban J connectivity index is 3.08. The Bertz CT molecular complexity index is 395. The molecule has 0 aliphatic heterocycles. The van der Waals surface area contributed by atoms with E-state index in [4.69, 9.17) is 5.73 Å². The third-order valence-electron chi connectivity index (χ3n) is 5.16. The molecule has 5 N–H and O–H groups in total. The fourth-order valence-electron chi connectivity index (χ4n) is 3.36. The topological polar surface area (TPSA) is 105 Å². The van der Waals surface area contributed by atoms with Gasteiger partial charge in [-0.3, -0.25) is 0 Å². The highest BCUT2D eigenvalue weighted by molar-refractivity contribution is 5.75. The first-order chi connectivity index (χ1) is 14.7. The van der Waals surface area contributed by atoms with Crippen molar-refractivity contribution < 1.29 is 14.4 Å². The van der Waals surface area contributed by atoms with Crippen LogP contribution in [0, 0.1) is 0 Å². The van der Waals surface area contributed by atoms with Crippen LogP contribution in [0.4, 0.5) is 4.79 Å². The SMILES string of the molecule is CCCCCCCCCCCCCCNCCCCNCCCC(=O)ONC(N)=O. The Morgan fingerprint density at radius 3 is 1.50 bits per heavy atom. The summed E-state index contributed by atoms with van der Waals surface area (Å²) < 4.78 is 0. The molecule has 0 aromatic rings. The van der Waals surface area contributed by atoms with Gasteiger partial charge in [-0.15, -0.1) is 0 Å². The van der Waals surface area contributed by atoms with Crippen LogP contribution in [0.2, 0.25) is 0 Å². The van der Waals surface area contributed by atoms with Crippen LogP contribution in [-0.2, 0) is 9.63 Å². The summed E-state index contributed by atoms with van der Waals surface area (Å²) in [4.78, 5) is 26.1. The Labute approximate surface area is 184 Å². The number of rotatable bonds is 22. The molecule has 0 radical (unpaired) electrons. The van der Waals surface area contributed by atoms with Gasteiger partial charge in [0.2, 0.25) is 0 Å². The molecule has 0 saturated carbocycles. The van der Waals surface area contributed by atoms with Gasteiger partial charge in [0.1, 0.15) is 0 Å². The first-order valence-electron chi connectivity index (χ1n) is 12.3. The van der Waals surface area contributed by atoms with Crippen LogP contribution in [0.5, 0.6) is 0 Å². The number of hydrogen-bond donors (Lipinski definition) is 4. The summed E-state index contributed by atoms with van der Waals surface area (Å²) >= 11 is 0. The Hall–Kier alpha value is -1.34. The van der Waals surface area contributed by atoms with Crippen LogP contribution in [0.25, 0.3) is 0 Å². The average molecular weight is 429 g/mol. The number of primary amides is 1. The van der Waals surface area contributed by atoms with Crippen molar-refractivity contribution in [3.8, 4) is 0 Å². The third kappa shape index (κ3) is 24.7. The summed E-state index contributed by atoms with van der Waals surface area (Å²) in [6, 6.07) is -0.867. The van der Waals surface area contributed by atoms with Crippen molar-refractivity contribution in [2.75, 3.05) is 26.2 Å². The summed E-state index contributed by atoms with van der Waals surface area (Å²) in [5.74, 6) is -0.474. The van der Waals surface area contributed by atoms with Crippen molar-refractivity contribution in [1.29, 1.82) is 0 Å². The molecule has 0 aromatic heterocycles. The van der Waals surface area contributed by atoms with E-state index in [1.165, 1.54) is 77.0 Å². The highest BCUT2D eigenvalue weighted by Crippen LogP contribution is 2.11. The number of nitrogens with two attached hydrogens (primary N) is 1. The smallest absolute Gasteiger partial charge is 0.345 e. The van der Waals surface area contributed by atoms with E-state index in [0.29, 0.717) is 6.42 Å². The van der Waals surface area contributed by atoms with Gasteiger partial charge in [-0.2, -0.15) is 5.48 Å². The lowest BCUT2D eigenvalue weighted by Gasteiger charge is -2.07. The molecule has 0 aliphatic rings. The maximum atomic E-state index is 11.2. The molecule has 0 saturated heterocycles. The number of unbranched alkanes of at least 4 members (excludes halogenated alkanes) is 12. The van der Waals surface area contributed by atoms with Crippen LogP contribution < -0.4 is 21.8 Å². The zero-order chi connectivity index (χ0) is 22.1. The predicted molar refractivity (Wildman–Crippen MR) is 124 cm³/mol. The minimum Gasteiger partial charge on any atom is -0.349 e. The Morgan fingerprint density at radius 2 is 1.03 bits per heavy atom. The normalized spacial score (nSPS) is 10.8. The van der Waals surface area contributed by atoms with Gasteiger partial charge in [0.15, 0.2) is 0 Å². The first kappa shape index (κ1) is 28.7. The highest BCUT2D eigenvalue weighted by Gasteiger charge is 2.03. The van der Waals surface area contributed by atoms with E-state index in [1.54, 1.807) is 0 Å². The largest absolute Gasteiger partial charge is 0.349 e. The molecule has 0 aromatic carbocycles. The summed E-state index contributed by atoms with van der Waals surface area (Å²) in [6.45, 7) is 6.20. The minimum atomic E-state index is -0.867. The van der Waals surface area contributed by atoms with Gasteiger partial charge in [0.25, 0.3) is 0 Å². The second-order valence-electron chi connectivity index (χ2n) is 8.14. The van der Waals surface area contributed by atoms with E-state index >= 15 is 0 Å². The van der Waals surface area contributed by atoms with Crippen molar-refractivity contribution in [2.45, 2.75) is 110 Å². The van der Waals surface area contributed by atoms with Gasteiger partial charge in [-0.1, -0.05) is 77.6 Å². The van der Waals surface area contributed by atoms with Gasteiger partial charge >= 0.3 is 12.0 Å². The molecule has 0 rings (SSSR count). The van der Waals surface area contributed by atoms with Gasteiger partial charge < -0.3 is 21.2 Å². The van der Waals surface area contributed by atoms with Crippen molar-refractivity contribution in [2.24, 2.45) is 5.73 Å². The fraction of sp³-hybridized carbons (Fsp3) is 0.913. The van der Waals surface area contributed by atoms with Crippen LogP contribution in [0.3, 0.4) is 0 Å². The van der Waals surface area contributed by atoms with Crippen molar-refractivity contribution in [1.82, 2.24) is 16.1 Å². The fourth-order valence-corrected chi connectivity index (χ4v) is 3.36. The van der Waals surface area contributed by atoms with Crippen molar-refractivity contribution in [3.05, 3.63) is 0 Å². The molecule has 0 heterocycles. The summed E-state index contributed by atoms with van der Waals surface area (Å²) in [5, 5.41) is 6.84. The third-order valence-corrected chi connectivity index (χ3v) is 5.16. The van der Waals surface area contributed by atoms with Crippen molar-refractivity contribution in [3.63, 3.8) is 0 Å². The molecule has 0 spiro atoms. The van der Waals surface area contributed by atoms with E-state index in [9.17, 15) is 9.59 Å². The number of urea groups is 1.